The molecule has 1 N–H and O–H groups in total. The van der Waals surface area contributed by atoms with E-state index in [9.17, 15) is 15.2 Å². The number of aliphatic hydroxyl groups excluding tert-OH is 1. The summed E-state index contributed by atoms with van der Waals surface area (Å²) >= 11 is 0. The average molecular weight is 309 g/mol. The van der Waals surface area contributed by atoms with Crippen LogP contribution in [0.25, 0.3) is 0 Å². The second-order valence-electron chi connectivity index (χ2n) is 8.09. The van der Waals surface area contributed by atoms with Gasteiger partial charge in [0.1, 0.15) is 6.07 Å². The van der Waals surface area contributed by atoms with Gasteiger partial charge in [-0.3, -0.25) is 4.79 Å². The summed E-state index contributed by atoms with van der Waals surface area (Å²) in [6, 6.07) is 1.99. The molecule has 0 aliphatic heterocycles. The SMILES string of the molecule is C#C[C@]12C=C(C#N)C(=O)C=C1[C@@]1(C)CC[C@@H](O)C(C)(C)[C@@H]1CC2. The van der Waals surface area contributed by atoms with E-state index in [0.29, 0.717) is 6.42 Å². The van der Waals surface area contributed by atoms with Crippen LogP contribution in [0.4, 0.5) is 0 Å². The fourth-order valence-corrected chi connectivity index (χ4v) is 5.31. The Morgan fingerprint density at radius 1 is 1.30 bits per heavy atom. The van der Waals surface area contributed by atoms with Crippen molar-refractivity contribution in [3.05, 3.63) is 23.3 Å². The van der Waals surface area contributed by atoms with Gasteiger partial charge in [0.25, 0.3) is 0 Å². The maximum atomic E-state index is 12.3. The maximum Gasteiger partial charge on any atom is 0.196 e. The van der Waals surface area contributed by atoms with E-state index in [1.807, 2.05) is 6.07 Å². The molecule has 0 amide bonds. The van der Waals surface area contributed by atoms with Crippen molar-refractivity contribution in [2.45, 2.75) is 52.6 Å². The van der Waals surface area contributed by atoms with Crippen LogP contribution in [0.3, 0.4) is 0 Å². The fourth-order valence-electron chi connectivity index (χ4n) is 5.31. The first-order valence-electron chi connectivity index (χ1n) is 8.27. The molecule has 120 valence electrons. The highest BCUT2D eigenvalue weighted by atomic mass is 16.3. The largest absolute Gasteiger partial charge is 0.393 e. The summed E-state index contributed by atoms with van der Waals surface area (Å²) < 4.78 is 0. The summed E-state index contributed by atoms with van der Waals surface area (Å²) in [5.74, 6) is 2.93. The Morgan fingerprint density at radius 2 is 2.00 bits per heavy atom. The monoisotopic (exact) mass is 309 g/mol. The predicted octanol–water partition coefficient (Wildman–Crippen LogP) is 3.16. The summed E-state index contributed by atoms with van der Waals surface area (Å²) in [6.45, 7) is 6.41. The average Bonchev–Trinajstić information content (AvgIpc) is 2.52. The van der Waals surface area contributed by atoms with E-state index >= 15 is 0 Å². The van der Waals surface area contributed by atoms with Gasteiger partial charge in [-0.05, 0) is 60.2 Å². The number of allylic oxidation sites excluding steroid dienone is 4. The predicted molar refractivity (Wildman–Crippen MR) is 87.9 cm³/mol. The summed E-state index contributed by atoms with van der Waals surface area (Å²) in [6.07, 6.45) is 12.0. The molecule has 0 aromatic rings. The van der Waals surface area contributed by atoms with Gasteiger partial charge in [0.15, 0.2) is 5.78 Å². The van der Waals surface area contributed by atoms with Gasteiger partial charge in [-0.25, -0.2) is 0 Å². The van der Waals surface area contributed by atoms with Crippen molar-refractivity contribution in [3.63, 3.8) is 0 Å². The number of carbonyl (C=O) groups is 1. The number of terminal acetylenes is 1. The van der Waals surface area contributed by atoms with Crippen LogP contribution >= 0.6 is 0 Å². The van der Waals surface area contributed by atoms with E-state index in [-0.39, 0.29) is 34.2 Å². The standard InChI is InChI=1S/C20H23NO2/c1-5-20-9-6-15-18(2,3)17(23)7-8-19(15,4)16(20)10-14(22)13(11-20)12-21/h1,10-11,15,17,23H,6-9H2,2-4H3/t15-,17+,19-,20-/m0/s1. The van der Waals surface area contributed by atoms with Gasteiger partial charge >= 0.3 is 0 Å². The Bertz CT molecular complexity index is 715. The van der Waals surface area contributed by atoms with Crippen LogP contribution in [-0.4, -0.2) is 17.0 Å². The molecule has 3 aliphatic carbocycles. The summed E-state index contributed by atoms with van der Waals surface area (Å²) in [5, 5.41) is 19.7. The highest BCUT2D eigenvalue weighted by Crippen LogP contribution is 2.65. The van der Waals surface area contributed by atoms with Crippen molar-refractivity contribution in [2.24, 2.45) is 22.2 Å². The first-order chi connectivity index (χ1) is 10.7. The Balaban J connectivity index is 2.16. The van der Waals surface area contributed by atoms with E-state index in [1.165, 1.54) is 0 Å². The van der Waals surface area contributed by atoms with Crippen molar-refractivity contribution in [2.75, 3.05) is 0 Å². The fraction of sp³-hybridized carbons (Fsp3) is 0.600. The van der Waals surface area contributed by atoms with E-state index in [0.717, 1.165) is 24.8 Å². The third kappa shape index (κ3) is 1.97. The van der Waals surface area contributed by atoms with Crippen LogP contribution in [-0.2, 0) is 4.79 Å². The van der Waals surface area contributed by atoms with Gasteiger partial charge in [-0.2, -0.15) is 5.26 Å². The number of aliphatic hydroxyl groups is 1. The van der Waals surface area contributed by atoms with Crippen LogP contribution < -0.4 is 0 Å². The van der Waals surface area contributed by atoms with Crippen LogP contribution in [0.15, 0.2) is 23.3 Å². The molecule has 23 heavy (non-hydrogen) atoms. The molecule has 0 spiro atoms. The highest BCUT2D eigenvalue weighted by molar-refractivity contribution is 6.09. The minimum atomic E-state index is -0.622. The topological polar surface area (TPSA) is 61.1 Å². The summed E-state index contributed by atoms with van der Waals surface area (Å²) in [5.41, 5.74) is 0.0940. The Kier molecular flexibility index (Phi) is 3.36. The van der Waals surface area contributed by atoms with E-state index in [1.54, 1.807) is 12.2 Å². The van der Waals surface area contributed by atoms with Crippen molar-refractivity contribution in [3.8, 4) is 18.4 Å². The van der Waals surface area contributed by atoms with Gasteiger partial charge < -0.3 is 5.11 Å². The number of hydrogen-bond donors (Lipinski definition) is 1. The molecule has 0 heterocycles. The first kappa shape index (κ1) is 16.0. The van der Waals surface area contributed by atoms with Gasteiger partial charge in [-0.15, -0.1) is 6.42 Å². The number of ketones is 1. The number of carbonyl (C=O) groups excluding carboxylic acids is 1. The zero-order chi connectivity index (χ0) is 17.0. The number of hydrogen-bond acceptors (Lipinski definition) is 3. The maximum absolute atomic E-state index is 12.3. The van der Waals surface area contributed by atoms with Crippen molar-refractivity contribution >= 4 is 5.78 Å². The summed E-state index contributed by atoms with van der Waals surface area (Å²) in [7, 11) is 0. The molecule has 0 radical (unpaired) electrons. The molecule has 3 aliphatic rings. The van der Waals surface area contributed by atoms with Gasteiger partial charge in [0, 0.05) is 0 Å². The molecule has 2 saturated carbocycles. The van der Waals surface area contributed by atoms with Crippen molar-refractivity contribution < 1.29 is 9.90 Å². The van der Waals surface area contributed by atoms with Crippen LogP contribution in [0.2, 0.25) is 0 Å². The molecule has 3 heteroatoms. The molecule has 3 nitrogen and oxygen atoms in total. The third-order valence-corrected chi connectivity index (χ3v) is 6.70. The lowest BCUT2D eigenvalue weighted by Crippen LogP contribution is -2.55. The lowest BCUT2D eigenvalue weighted by molar-refractivity contribution is -0.113. The molecule has 2 fully saturated rings. The molecule has 3 rings (SSSR count). The molecular weight excluding hydrogens is 286 g/mol. The first-order valence-corrected chi connectivity index (χ1v) is 8.27. The molecule has 0 aromatic heterocycles. The van der Waals surface area contributed by atoms with E-state index in [2.05, 4.69) is 26.7 Å². The molecule has 4 atom stereocenters. The second kappa shape index (κ2) is 4.83. The number of rotatable bonds is 0. The Morgan fingerprint density at radius 3 is 2.61 bits per heavy atom. The number of nitrogens with zero attached hydrogens (tertiary/aromatic N) is 1. The third-order valence-electron chi connectivity index (χ3n) is 6.70. The Hall–Kier alpha value is -1.84. The van der Waals surface area contributed by atoms with E-state index in [4.69, 9.17) is 6.42 Å². The minimum absolute atomic E-state index is 0.156. The number of nitriles is 1. The van der Waals surface area contributed by atoms with E-state index < -0.39 is 5.41 Å². The summed E-state index contributed by atoms with van der Waals surface area (Å²) in [4.78, 5) is 12.3. The van der Waals surface area contributed by atoms with Gasteiger partial charge in [0.05, 0.1) is 17.1 Å². The lowest BCUT2D eigenvalue weighted by Gasteiger charge is -2.60. The zero-order valence-corrected chi connectivity index (χ0v) is 14.0. The van der Waals surface area contributed by atoms with Crippen molar-refractivity contribution in [1.29, 1.82) is 5.26 Å². The quantitative estimate of drug-likeness (QED) is 0.699. The van der Waals surface area contributed by atoms with Gasteiger partial charge in [0.2, 0.25) is 0 Å². The molecule has 0 saturated heterocycles. The highest BCUT2D eigenvalue weighted by Gasteiger charge is 2.59. The zero-order valence-electron chi connectivity index (χ0n) is 14.0. The Labute approximate surface area is 138 Å². The van der Waals surface area contributed by atoms with Crippen LogP contribution in [0.5, 0.6) is 0 Å². The van der Waals surface area contributed by atoms with Gasteiger partial charge in [-0.1, -0.05) is 26.7 Å². The molecule has 0 bridgehead atoms. The van der Waals surface area contributed by atoms with Crippen LogP contribution in [0, 0.1) is 45.8 Å². The second-order valence-corrected chi connectivity index (χ2v) is 8.09. The van der Waals surface area contributed by atoms with Crippen LogP contribution in [0.1, 0.15) is 46.5 Å². The molecule has 0 unspecified atom stereocenters. The molecular formula is C20H23NO2. The molecule has 0 aromatic carbocycles. The lowest BCUT2D eigenvalue weighted by atomic mass is 9.44. The smallest absolute Gasteiger partial charge is 0.196 e. The normalized spacial score (nSPS) is 41.6. The van der Waals surface area contributed by atoms with Crippen molar-refractivity contribution in [1.82, 2.24) is 0 Å². The number of fused-ring (bicyclic) bond motifs is 3. The minimum Gasteiger partial charge on any atom is -0.393 e.